The minimum absolute atomic E-state index is 0.0390. The normalized spacial score (nSPS) is 16.1. The molecule has 1 aliphatic heterocycles. The molecule has 0 aliphatic carbocycles. The van der Waals surface area contributed by atoms with Crippen molar-refractivity contribution in [3.63, 3.8) is 0 Å². The Kier molecular flexibility index (Phi) is 5.21. The molecular weight excluding hydrogens is 352 g/mol. The van der Waals surface area contributed by atoms with E-state index in [2.05, 4.69) is 9.97 Å². The topological polar surface area (TPSA) is 71.2 Å². The van der Waals surface area contributed by atoms with E-state index in [-0.39, 0.29) is 11.8 Å². The predicted octanol–water partition coefficient (Wildman–Crippen LogP) is 3.07. The SMILES string of the molecule is Cn1ccnc1-c1ccc(C(=O)N2CCC(C(O)c3ccccn3)CC2)cc1. The molecule has 1 N–H and O–H groups in total. The van der Waals surface area contributed by atoms with E-state index < -0.39 is 6.10 Å². The Hall–Kier alpha value is -2.99. The number of aromatic nitrogens is 3. The summed E-state index contributed by atoms with van der Waals surface area (Å²) in [6.45, 7) is 1.29. The van der Waals surface area contributed by atoms with Gasteiger partial charge in [-0.15, -0.1) is 0 Å². The largest absolute Gasteiger partial charge is 0.387 e. The average Bonchev–Trinajstić information content (AvgIpc) is 3.19. The zero-order valence-electron chi connectivity index (χ0n) is 15.9. The Bertz CT molecular complexity index is 929. The van der Waals surface area contributed by atoms with Gasteiger partial charge in [-0.3, -0.25) is 9.78 Å². The molecule has 28 heavy (non-hydrogen) atoms. The third kappa shape index (κ3) is 3.68. The summed E-state index contributed by atoms with van der Waals surface area (Å²) < 4.78 is 1.95. The number of rotatable bonds is 4. The minimum Gasteiger partial charge on any atom is -0.387 e. The second kappa shape index (κ2) is 7.94. The molecule has 1 saturated heterocycles. The first kappa shape index (κ1) is 18.4. The first-order valence-corrected chi connectivity index (χ1v) is 9.59. The molecule has 0 spiro atoms. The van der Waals surface area contributed by atoms with E-state index in [4.69, 9.17) is 0 Å². The number of aliphatic hydroxyl groups excluding tert-OH is 1. The fraction of sp³-hybridized carbons (Fsp3) is 0.318. The number of carbonyl (C=O) groups excluding carboxylic acids is 1. The monoisotopic (exact) mass is 376 g/mol. The number of likely N-dealkylation sites (tertiary alicyclic amines) is 1. The highest BCUT2D eigenvalue weighted by molar-refractivity contribution is 5.94. The molecule has 144 valence electrons. The highest BCUT2D eigenvalue weighted by Crippen LogP contribution is 2.30. The fourth-order valence-corrected chi connectivity index (χ4v) is 3.80. The number of amides is 1. The smallest absolute Gasteiger partial charge is 0.253 e. The first-order valence-electron chi connectivity index (χ1n) is 9.59. The van der Waals surface area contributed by atoms with Crippen LogP contribution in [0.3, 0.4) is 0 Å². The molecule has 0 saturated carbocycles. The van der Waals surface area contributed by atoms with E-state index in [1.54, 1.807) is 12.4 Å². The molecule has 1 fully saturated rings. The molecule has 1 aromatic carbocycles. The van der Waals surface area contributed by atoms with Crippen molar-refractivity contribution >= 4 is 5.91 Å². The van der Waals surface area contributed by atoms with Gasteiger partial charge in [0.2, 0.25) is 0 Å². The molecule has 1 atom stereocenters. The summed E-state index contributed by atoms with van der Waals surface area (Å²) in [6.07, 6.45) is 6.33. The molecule has 6 heteroatoms. The van der Waals surface area contributed by atoms with Crippen LogP contribution in [-0.4, -0.2) is 43.5 Å². The number of carbonyl (C=O) groups is 1. The first-order chi connectivity index (χ1) is 13.6. The molecule has 4 rings (SSSR count). The maximum Gasteiger partial charge on any atom is 0.253 e. The Labute approximate surface area is 164 Å². The maximum absolute atomic E-state index is 12.8. The Morgan fingerprint density at radius 2 is 1.82 bits per heavy atom. The molecule has 0 radical (unpaired) electrons. The summed E-state index contributed by atoms with van der Waals surface area (Å²) in [5.41, 5.74) is 2.38. The molecule has 3 heterocycles. The van der Waals surface area contributed by atoms with Crippen molar-refractivity contribution in [1.82, 2.24) is 19.4 Å². The van der Waals surface area contributed by atoms with E-state index in [9.17, 15) is 9.90 Å². The maximum atomic E-state index is 12.8. The van der Waals surface area contributed by atoms with Gasteiger partial charge in [0.25, 0.3) is 5.91 Å². The van der Waals surface area contributed by atoms with E-state index in [0.29, 0.717) is 24.3 Å². The zero-order chi connectivity index (χ0) is 19.5. The number of pyridine rings is 1. The van der Waals surface area contributed by atoms with Crippen molar-refractivity contribution in [2.24, 2.45) is 13.0 Å². The lowest BCUT2D eigenvalue weighted by Crippen LogP contribution is -2.39. The van der Waals surface area contributed by atoms with Crippen LogP contribution in [0.25, 0.3) is 11.4 Å². The Balaban J connectivity index is 1.38. The van der Waals surface area contributed by atoms with Crippen molar-refractivity contribution in [2.45, 2.75) is 18.9 Å². The molecule has 1 unspecified atom stereocenters. The van der Waals surface area contributed by atoms with Gasteiger partial charge in [-0.1, -0.05) is 18.2 Å². The highest BCUT2D eigenvalue weighted by Gasteiger charge is 2.29. The number of piperidine rings is 1. The van der Waals surface area contributed by atoms with Crippen LogP contribution in [0.15, 0.2) is 61.1 Å². The second-order valence-corrected chi connectivity index (χ2v) is 7.27. The van der Waals surface area contributed by atoms with E-state index in [1.165, 1.54) is 0 Å². The summed E-state index contributed by atoms with van der Waals surface area (Å²) in [7, 11) is 1.95. The molecular formula is C22H24N4O2. The summed E-state index contributed by atoms with van der Waals surface area (Å²) in [4.78, 5) is 23.3. The van der Waals surface area contributed by atoms with Gasteiger partial charge in [-0.05, 0) is 43.0 Å². The number of hydrogen-bond acceptors (Lipinski definition) is 4. The van der Waals surface area contributed by atoms with Crippen molar-refractivity contribution < 1.29 is 9.90 Å². The quantitative estimate of drug-likeness (QED) is 0.760. The van der Waals surface area contributed by atoms with Crippen LogP contribution in [0.4, 0.5) is 0 Å². The summed E-state index contributed by atoms with van der Waals surface area (Å²) in [5, 5.41) is 10.6. The molecule has 6 nitrogen and oxygen atoms in total. The van der Waals surface area contributed by atoms with Gasteiger partial charge in [0.15, 0.2) is 0 Å². The third-order valence-corrected chi connectivity index (χ3v) is 5.48. The van der Waals surface area contributed by atoms with Gasteiger partial charge in [0.1, 0.15) is 5.82 Å². The number of benzene rings is 1. The van der Waals surface area contributed by atoms with Crippen LogP contribution in [0, 0.1) is 5.92 Å². The minimum atomic E-state index is -0.574. The number of aliphatic hydroxyl groups is 1. The molecule has 3 aromatic rings. The van der Waals surface area contributed by atoms with Gasteiger partial charge in [0.05, 0.1) is 11.8 Å². The van der Waals surface area contributed by atoms with E-state index in [1.807, 2.05) is 65.2 Å². The fourth-order valence-electron chi connectivity index (χ4n) is 3.80. The molecule has 2 aromatic heterocycles. The van der Waals surface area contributed by atoms with Crippen LogP contribution < -0.4 is 0 Å². The van der Waals surface area contributed by atoms with Crippen molar-refractivity contribution in [1.29, 1.82) is 0 Å². The lowest BCUT2D eigenvalue weighted by Gasteiger charge is -2.34. The summed E-state index contributed by atoms with van der Waals surface area (Å²) >= 11 is 0. The van der Waals surface area contributed by atoms with Gasteiger partial charge >= 0.3 is 0 Å². The number of aryl methyl sites for hydroxylation is 1. The lowest BCUT2D eigenvalue weighted by molar-refractivity contribution is 0.0447. The lowest BCUT2D eigenvalue weighted by atomic mass is 9.89. The summed E-state index contributed by atoms with van der Waals surface area (Å²) in [5.74, 6) is 1.05. The van der Waals surface area contributed by atoms with Gasteiger partial charge in [-0.2, -0.15) is 0 Å². The van der Waals surface area contributed by atoms with Gasteiger partial charge in [-0.25, -0.2) is 4.98 Å². The Morgan fingerprint density at radius 1 is 1.07 bits per heavy atom. The molecule has 0 bridgehead atoms. The van der Waals surface area contributed by atoms with E-state index in [0.717, 1.165) is 24.2 Å². The second-order valence-electron chi connectivity index (χ2n) is 7.27. The van der Waals surface area contributed by atoms with Crippen LogP contribution >= 0.6 is 0 Å². The highest BCUT2D eigenvalue weighted by atomic mass is 16.3. The zero-order valence-corrected chi connectivity index (χ0v) is 15.9. The van der Waals surface area contributed by atoms with Gasteiger partial charge < -0.3 is 14.6 Å². The van der Waals surface area contributed by atoms with Crippen molar-refractivity contribution in [3.8, 4) is 11.4 Å². The van der Waals surface area contributed by atoms with Crippen molar-refractivity contribution in [3.05, 3.63) is 72.3 Å². The summed E-state index contributed by atoms with van der Waals surface area (Å²) in [6, 6.07) is 13.2. The van der Waals surface area contributed by atoms with Crippen LogP contribution in [-0.2, 0) is 7.05 Å². The number of nitrogens with zero attached hydrogens (tertiary/aromatic N) is 4. The predicted molar refractivity (Wildman–Crippen MR) is 106 cm³/mol. The number of imidazole rings is 1. The van der Waals surface area contributed by atoms with Crippen LogP contribution in [0.5, 0.6) is 0 Å². The standard InChI is InChI=1S/C22H24N4O2/c1-25-15-12-24-21(25)17-5-7-18(8-6-17)22(28)26-13-9-16(10-14-26)20(27)19-4-2-3-11-23-19/h2-8,11-12,15-16,20,27H,9-10,13-14H2,1H3. The molecule has 1 amide bonds. The van der Waals surface area contributed by atoms with E-state index >= 15 is 0 Å². The average molecular weight is 376 g/mol. The van der Waals surface area contributed by atoms with Gasteiger partial charge in [0, 0.05) is 49.9 Å². The Morgan fingerprint density at radius 3 is 2.43 bits per heavy atom. The number of hydrogen-bond donors (Lipinski definition) is 1. The van der Waals surface area contributed by atoms with Crippen LogP contribution in [0.2, 0.25) is 0 Å². The third-order valence-electron chi connectivity index (χ3n) is 5.48. The van der Waals surface area contributed by atoms with Crippen molar-refractivity contribution in [2.75, 3.05) is 13.1 Å². The molecule has 1 aliphatic rings. The van der Waals surface area contributed by atoms with Crippen LogP contribution in [0.1, 0.15) is 35.0 Å².